The maximum atomic E-state index is 13.0. The molecule has 2 aromatic carbocycles. The van der Waals surface area contributed by atoms with Gasteiger partial charge in [-0.15, -0.1) is 0 Å². The first kappa shape index (κ1) is 24.3. The third-order valence-electron chi connectivity index (χ3n) is 7.05. The summed E-state index contributed by atoms with van der Waals surface area (Å²) in [6.07, 6.45) is 6.66. The van der Waals surface area contributed by atoms with Crippen molar-refractivity contribution in [3.05, 3.63) is 83.1 Å². The van der Waals surface area contributed by atoms with Crippen LogP contribution in [0.4, 0.5) is 17.1 Å². The Morgan fingerprint density at radius 2 is 1.53 bits per heavy atom. The molecule has 0 spiro atoms. The Labute approximate surface area is 208 Å². The zero-order valence-corrected chi connectivity index (χ0v) is 21.3. The summed E-state index contributed by atoms with van der Waals surface area (Å²) >= 11 is 5.98. The van der Waals surface area contributed by atoms with Crippen LogP contribution in [0.2, 0.25) is 5.02 Å². The maximum Gasteiger partial charge on any atom is 0.211 e. The van der Waals surface area contributed by atoms with Crippen LogP contribution in [0, 0.1) is 11.3 Å². The van der Waals surface area contributed by atoms with Gasteiger partial charge in [-0.2, -0.15) is 0 Å². The fourth-order valence-corrected chi connectivity index (χ4v) is 4.86. The molecular weight excluding hydrogens is 442 g/mol. The topological polar surface area (TPSA) is 45.2 Å². The van der Waals surface area contributed by atoms with Crippen molar-refractivity contribution in [3.63, 3.8) is 0 Å². The Morgan fingerprint density at radius 1 is 0.912 bits per heavy atom. The largest absolute Gasteiger partial charge is 0.382 e. The predicted octanol–water partition coefficient (Wildman–Crippen LogP) is 7.75. The van der Waals surface area contributed by atoms with Crippen molar-refractivity contribution in [2.75, 3.05) is 17.3 Å². The highest BCUT2D eigenvalue weighted by molar-refractivity contribution is 6.30. The zero-order valence-electron chi connectivity index (χ0n) is 20.5. The molecular formula is C29H34ClN3O. The molecule has 34 heavy (non-hydrogen) atoms. The van der Waals surface area contributed by atoms with Gasteiger partial charge in [-0.25, -0.2) is 0 Å². The second-order valence-electron chi connectivity index (χ2n) is 10.4. The number of nitrogens with one attached hydrogen (secondary N) is 1. The average molecular weight is 476 g/mol. The lowest BCUT2D eigenvalue weighted by molar-refractivity contribution is 0.103. The van der Waals surface area contributed by atoms with Gasteiger partial charge in [-0.05, 0) is 97.7 Å². The molecule has 4 nitrogen and oxygen atoms in total. The Bertz CT molecular complexity index is 1090. The highest BCUT2D eigenvalue weighted by atomic mass is 35.5. The molecule has 1 saturated carbocycles. The summed E-state index contributed by atoms with van der Waals surface area (Å²) in [5, 5.41) is 4.36. The van der Waals surface area contributed by atoms with Crippen LogP contribution in [0.3, 0.4) is 0 Å². The van der Waals surface area contributed by atoms with Gasteiger partial charge in [0, 0.05) is 35.1 Å². The Hall–Kier alpha value is -2.85. The van der Waals surface area contributed by atoms with Gasteiger partial charge in [0.15, 0.2) is 0 Å². The number of benzene rings is 2. The molecule has 0 saturated heterocycles. The van der Waals surface area contributed by atoms with E-state index in [1.54, 1.807) is 12.3 Å². The number of rotatable bonds is 6. The summed E-state index contributed by atoms with van der Waals surface area (Å²) in [4.78, 5) is 19.4. The molecule has 0 bridgehead atoms. The van der Waals surface area contributed by atoms with Gasteiger partial charge in [-0.3, -0.25) is 9.78 Å². The molecule has 0 aliphatic heterocycles. The van der Waals surface area contributed by atoms with Gasteiger partial charge in [0.1, 0.15) is 5.69 Å². The van der Waals surface area contributed by atoms with E-state index in [2.05, 4.69) is 31.1 Å². The first-order valence-corrected chi connectivity index (χ1v) is 12.4. The van der Waals surface area contributed by atoms with E-state index in [1.807, 2.05) is 66.5 Å². The molecule has 1 N–H and O–H groups in total. The van der Waals surface area contributed by atoms with E-state index in [-0.39, 0.29) is 5.78 Å². The van der Waals surface area contributed by atoms with Gasteiger partial charge in [-0.1, -0.05) is 32.4 Å². The van der Waals surface area contributed by atoms with Gasteiger partial charge < -0.3 is 10.2 Å². The third-order valence-corrected chi connectivity index (χ3v) is 7.30. The monoisotopic (exact) mass is 475 g/mol. The summed E-state index contributed by atoms with van der Waals surface area (Å²) in [6.45, 7) is 7.05. The molecule has 1 heterocycles. The number of pyridine rings is 1. The van der Waals surface area contributed by atoms with E-state index in [9.17, 15) is 4.79 Å². The van der Waals surface area contributed by atoms with Gasteiger partial charge in [0.05, 0.1) is 11.9 Å². The number of nitrogens with zero attached hydrogens (tertiary/aromatic N) is 2. The van der Waals surface area contributed by atoms with Crippen molar-refractivity contribution in [2.24, 2.45) is 11.3 Å². The Balaban J connectivity index is 1.36. The molecule has 1 aliphatic carbocycles. The van der Waals surface area contributed by atoms with E-state index in [4.69, 9.17) is 11.6 Å². The van der Waals surface area contributed by atoms with Crippen LogP contribution < -0.4 is 10.2 Å². The molecule has 1 fully saturated rings. The number of carbonyl (C=O) groups is 1. The normalized spacial score (nSPS) is 18.4. The second kappa shape index (κ2) is 10.2. The number of aromatic nitrogens is 1. The number of hydrogen-bond acceptors (Lipinski definition) is 4. The van der Waals surface area contributed by atoms with Crippen molar-refractivity contribution in [1.29, 1.82) is 0 Å². The molecule has 3 aromatic rings. The summed E-state index contributed by atoms with van der Waals surface area (Å²) in [6, 6.07) is 19.6. The van der Waals surface area contributed by atoms with Crippen LogP contribution in [-0.4, -0.2) is 23.9 Å². The molecule has 0 atom stereocenters. The molecule has 178 valence electrons. The van der Waals surface area contributed by atoms with Crippen molar-refractivity contribution >= 4 is 34.4 Å². The molecule has 0 radical (unpaired) electrons. The maximum absolute atomic E-state index is 13.0. The summed E-state index contributed by atoms with van der Waals surface area (Å²) in [5.74, 6) is 0.730. The van der Waals surface area contributed by atoms with E-state index in [0.717, 1.165) is 23.0 Å². The third kappa shape index (κ3) is 5.79. The van der Waals surface area contributed by atoms with Crippen LogP contribution >= 0.6 is 11.6 Å². The molecule has 4 rings (SSSR count). The number of ketones is 1. The minimum absolute atomic E-state index is 0.0714. The minimum Gasteiger partial charge on any atom is -0.382 e. The SMILES string of the molecule is CN(c1ccc(Cl)cc1)c1ccc(C(=O)c2ccc(NC3CCC(C(C)(C)C)CC3)cc2)nc1. The van der Waals surface area contributed by atoms with Crippen molar-refractivity contribution in [2.45, 2.75) is 52.5 Å². The molecule has 1 aromatic heterocycles. The van der Waals surface area contributed by atoms with Gasteiger partial charge in [0.25, 0.3) is 0 Å². The molecule has 1 aliphatic rings. The van der Waals surface area contributed by atoms with Crippen LogP contribution in [0.5, 0.6) is 0 Å². The number of carbonyl (C=O) groups excluding carboxylic acids is 1. The van der Waals surface area contributed by atoms with Crippen LogP contribution in [0.15, 0.2) is 66.9 Å². The molecule has 0 unspecified atom stereocenters. The first-order chi connectivity index (χ1) is 16.2. The second-order valence-corrected chi connectivity index (χ2v) is 10.8. The Morgan fingerprint density at radius 3 is 2.09 bits per heavy atom. The fraction of sp³-hybridized carbons (Fsp3) is 0.379. The average Bonchev–Trinajstić information content (AvgIpc) is 2.84. The first-order valence-electron chi connectivity index (χ1n) is 12.1. The van der Waals surface area contributed by atoms with E-state index in [0.29, 0.717) is 27.7 Å². The quantitative estimate of drug-likeness (QED) is 0.370. The van der Waals surface area contributed by atoms with Gasteiger partial charge in [0.2, 0.25) is 5.78 Å². The summed E-state index contributed by atoms with van der Waals surface area (Å²) in [5.41, 5.74) is 4.45. The van der Waals surface area contributed by atoms with Crippen molar-refractivity contribution < 1.29 is 4.79 Å². The standard InChI is InChI=1S/C29H34ClN3O/c1-29(2,3)21-7-13-24(14-8-21)32-23-11-5-20(6-12-23)28(34)27-18-17-26(19-31-27)33(4)25-15-9-22(30)10-16-25/h5-6,9-12,15-19,21,24,32H,7-8,13-14H2,1-4H3. The van der Waals surface area contributed by atoms with Gasteiger partial charge >= 0.3 is 0 Å². The van der Waals surface area contributed by atoms with E-state index < -0.39 is 0 Å². The lowest BCUT2D eigenvalue weighted by atomic mass is 9.71. The molecule has 0 amide bonds. The van der Waals surface area contributed by atoms with E-state index in [1.165, 1.54) is 25.7 Å². The number of hydrogen-bond donors (Lipinski definition) is 1. The van der Waals surface area contributed by atoms with Crippen LogP contribution in [-0.2, 0) is 0 Å². The highest BCUT2D eigenvalue weighted by Crippen LogP contribution is 2.38. The van der Waals surface area contributed by atoms with Crippen LogP contribution in [0.25, 0.3) is 0 Å². The predicted molar refractivity (Wildman–Crippen MR) is 142 cm³/mol. The lowest BCUT2D eigenvalue weighted by Crippen LogP contribution is -2.31. The number of halogens is 1. The van der Waals surface area contributed by atoms with Crippen molar-refractivity contribution in [1.82, 2.24) is 4.98 Å². The molecule has 5 heteroatoms. The lowest BCUT2D eigenvalue weighted by Gasteiger charge is -2.37. The Kier molecular flexibility index (Phi) is 7.27. The van der Waals surface area contributed by atoms with Crippen molar-refractivity contribution in [3.8, 4) is 0 Å². The smallest absolute Gasteiger partial charge is 0.211 e. The summed E-state index contributed by atoms with van der Waals surface area (Å²) in [7, 11) is 1.96. The van der Waals surface area contributed by atoms with Crippen LogP contribution in [0.1, 0.15) is 62.5 Å². The summed E-state index contributed by atoms with van der Waals surface area (Å²) < 4.78 is 0. The van der Waals surface area contributed by atoms with E-state index >= 15 is 0 Å². The highest BCUT2D eigenvalue weighted by Gasteiger charge is 2.29. The zero-order chi connectivity index (χ0) is 24.3. The fourth-order valence-electron chi connectivity index (χ4n) is 4.74. The number of anilines is 3. The minimum atomic E-state index is -0.0714.